The molecule has 19 heavy (non-hydrogen) atoms. The molecule has 0 aromatic carbocycles. The van der Waals surface area contributed by atoms with E-state index in [1.165, 1.54) is 6.20 Å². The maximum atomic E-state index is 11.7. The van der Waals surface area contributed by atoms with Crippen molar-refractivity contribution in [3.05, 3.63) is 17.8 Å². The molecule has 7 nitrogen and oxygen atoms in total. The van der Waals surface area contributed by atoms with Crippen molar-refractivity contribution >= 4 is 17.5 Å². The van der Waals surface area contributed by atoms with Crippen LogP contribution in [-0.2, 0) is 9.47 Å². The van der Waals surface area contributed by atoms with E-state index in [9.17, 15) is 4.79 Å². The molecule has 0 atom stereocenters. The number of hydrogen-bond donors (Lipinski definition) is 2. The third-order valence-corrected chi connectivity index (χ3v) is 2.71. The first-order chi connectivity index (χ1) is 9.20. The lowest BCUT2D eigenvalue weighted by Gasteiger charge is -2.27. The van der Waals surface area contributed by atoms with Gasteiger partial charge in [-0.2, -0.15) is 0 Å². The predicted molar refractivity (Wildman–Crippen MR) is 70.6 cm³/mol. The number of pyridine rings is 1. The van der Waals surface area contributed by atoms with Gasteiger partial charge in [-0.1, -0.05) is 0 Å². The smallest absolute Gasteiger partial charge is 0.340 e. The van der Waals surface area contributed by atoms with E-state index < -0.39 is 5.97 Å². The van der Waals surface area contributed by atoms with Gasteiger partial charge in [0.25, 0.3) is 0 Å². The van der Waals surface area contributed by atoms with Crippen LogP contribution in [0.25, 0.3) is 0 Å². The number of nitrogen functional groups attached to an aromatic ring is 1. The van der Waals surface area contributed by atoms with Gasteiger partial charge in [0.1, 0.15) is 5.82 Å². The molecule has 1 aliphatic heterocycles. The summed E-state index contributed by atoms with van der Waals surface area (Å²) in [6.07, 6.45) is 1.45. The Morgan fingerprint density at radius 1 is 1.58 bits per heavy atom. The summed E-state index contributed by atoms with van der Waals surface area (Å²) in [5.74, 6) is 0.131. The van der Waals surface area contributed by atoms with E-state index in [2.05, 4.69) is 10.4 Å². The molecule has 1 aromatic heterocycles. The monoisotopic (exact) mass is 266 g/mol. The minimum atomic E-state index is -0.438. The molecule has 7 heteroatoms. The maximum Gasteiger partial charge on any atom is 0.340 e. The summed E-state index contributed by atoms with van der Waals surface area (Å²) in [5.41, 5.74) is 9.49. The number of nitrogens with two attached hydrogens (primary N) is 1. The van der Waals surface area contributed by atoms with Crippen LogP contribution in [0.3, 0.4) is 0 Å². The Hall–Kier alpha value is -1.86. The number of ether oxygens (including phenoxy) is 2. The van der Waals surface area contributed by atoms with Gasteiger partial charge in [0.05, 0.1) is 37.3 Å². The maximum absolute atomic E-state index is 11.7. The van der Waals surface area contributed by atoms with E-state index in [4.69, 9.17) is 15.2 Å². The van der Waals surface area contributed by atoms with Crippen LogP contribution in [0.4, 0.5) is 11.5 Å². The fraction of sp³-hybridized carbons (Fsp3) is 0.500. The van der Waals surface area contributed by atoms with Crippen molar-refractivity contribution in [2.24, 2.45) is 0 Å². The number of esters is 1. The van der Waals surface area contributed by atoms with Crippen molar-refractivity contribution in [1.29, 1.82) is 0 Å². The highest BCUT2D eigenvalue weighted by Crippen LogP contribution is 2.16. The van der Waals surface area contributed by atoms with Crippen LogP contribution in [-0.4, -0.2) is 48.9 Å². The van der Waals surface area contributed by atoms with Gasteiger partial charge in [0.15, 0.2) is 0 Å². The molecule has 0 unspecified atom stereocenters. The molecule has 1 saturated heterocycles. The Morgan fingerprint density at radius 3 is 3.00 bits per heavy atom. The Kier molecular flexibility index (Phi) is 4.53. The highest BCUT2D eigenvalue weighted by atomic mass is 16.5. The molecule has 0 amide bonds. The van der Waals surface area contributed by atoms with Crippen LogP contribution in [0.1, 0.15) is 17.3 Å². The summed E-state index contributed by atoms with van der Waals surface area (Å²) in [6.45, 7) is 4.94. The summed E-state index contributed by atoms with van der Waals surface area (Å²) in [5, 5.41) is 1.98. The number of hydrogen-bond acceptors (Lipinski definition) is 7. The lowest BCUT2D eigenvalue weighted by Crippen LogP contribution is -2.40. The quantitative estimate of drug-likeness (QED) is 0.767. The van der Waals surface area contributed by atoms with Crippen molar-refractivity contribution in [3.63, 3.8) is 0 Å². The van der Waals surface area contributed by atoms with Crippen molar-refractivity contribution in [2.75, 3.05) is 44.1 Å². The number of nitrogens with one attached hydrogen (secondary N) is 1. The molecule has 0 spiro atoms. The van der Waals surface area contributed by atoms with Gasteiger partial charge in [-0.05, 0) is 13.0 Å². The van der Waals surface area contributed by atoms with E-state index >= 15 is 0 Å². The van der Waals surface area contributed by atoms with Crippen LogP contribution in [0.5, 0.6) is 0 Å². The largest absolute Gasteiger partial charge is 0.462 e. The van der Waals surface area contributed by atoms with Gasteiger partial charge in [-0.3, -0.25) is 0 Å². The molecule has 2 heterocycles. The summed E-state index contributed by atoms with van der Waals surface area (Å²) in [6, 6.07) is 1.60. The van der Waals surface area contributed by atoms with E-state index in [0.717, 1.165) is 13.1 Å². The molecule has 2 rings (SSSR count). The number of carbonyl (C=O) groups is 1. The molecule has 0 saturated carbocycles. The third kappa shape index (κ3) is 3.55. The van der Waals surface area contributed by atoms with Gasteiger partial charge >= 0.3 is 5.97 Å². The molecule has 1 aliphatic rings. The number of anilines is 2. The average molecular weight is 266 g/mol. The normalized spacial score (nSPS) is 16.1. The zero-order valence-electron chi connectivity index (χ0n) is 10.9. The lowest BCUT2D eigenvalue weighted by molar-refractivity contribution is 0.0492. The van der Waals surface area contributed by atoms with E-state index in [1.54, 1.807) is 13.0 Å². The highest BCUT2D eigenvalue weighted by molar-refractivity contribution is 5.95. The molecule has 0 radical (unpaired) electrons. The van der Waals surface area contributed by atoms with Crippen LogP contribution in [0, 0.1) is 0 Å². The van der Waals surface area contributed by atoms with Crippen LogP contribution >= 0.6 is 0 Å². The second kappa shape index (κ2) is 6.35. The summed E-state index contributed by atoms with van der Waals surface area (Å²) in [4.78, 5) is 15.9. The minimum absolute atomic E-state index is 0.311. The first-order valence-corrected chi connectivity index (χ1v) is 6.22. The Labute approximate surface area is 111 Å². The molecule has 1 fully saturated rings. The second-order valence-electron chi connectivity index (χ2n) is 4.09. The van der Waals surface area contributed by atoms with Crippen LogP contribution in [0.2, 0.25) is 0 Å². The summed E-state index contributed by atoms with van der Waals surface area (Å²) >= 11 is 0. The topological polar surface area (TPSA) is 89.7 Å². The van der Waals surface area contributed by atoms with E-state index in [-0.39, 0.29) is 0 Å². The molecule has 0 aliphatic carbocycles. The minimum Gasteiger partial charge on any atom is -0.462 e. The van der Waals surface area contributed by atoms with Crippen LogP contribution in [0.15, 0.2) is 12.3 Å². The second-order valence-corrected chi connectivity index (χ2v) is 4.09. The SMILES string of the molecule is CCOC(=O)c1cc(NN2CCOCC2)ncc1N. The van der Waals surface area contributed by atoms with E-state index in [1.807, 2.05) is 5.01 Å². The van der Waals surface area contributed by atoms with Gasteiger partial charge in [0.2, 0.25) is 0 Å². The highest BCUT2D eigenvalue weighted by Gasteiger charge is 2.15. The van der Waals surface area contributed by atoms with Crippen molar-refractivity contribution in [3.8, 4) is 0 Å². The van der Waals surface area contributed by atoms with Crippen LogP contribution < -0.4 is 11.2 Å². The Balaban J connectivity index is 2.08. The van der Waals surface area contributed by atoms with E-state index in [0.29, 0.717) is 36.9 Å². The van der Waals surface area contributed by atoms with Gasteiger partial charge in [-0.15, -0.1) is 0 Å². The van der Waals surface area contributed by atoms with Crippen molar-refractivity contribution in [2.45, 2.75) is 6.92 Å². The molecule has 3 N–H and O–H groups in total. The van der Waals surface area contributed by atoms with Crippen molar-refractivity contribution < 1.29 is 14.3 Å². The molecule has 1 aromatic rings. The number of hydrazine groups is 1. The molecule has 0 bridgehead atoms. The summed E-state index contributed by atoms with van der Waals surface area (Å²) in [7, 11) is 0. The zero-order chi connectivity index (χ0) is 13.7. The lowest BCUT2D eigenvalue weighted by atomic mass is 10.2. The first-order valence-electron chi connectivity index (χ1n) is 6.22. The number of rotatable bonds is 4. The summed E-state index contributed by atoms with van der Waals surface area (Å²) < 4.78 is 10.2. The molecule has 104 valence electrons. The number of morpholine rings is 1. The molecular formula is C12H18N4O3. The van der Waals surface area contributed by atoms with Gasteiger partial charge in [-0.25, -0.2) is 14.8 Å². The Morgan fingerprint density at radius 2 is 2.32 bits per heavy atom. The van der Waals surface area contributed by atoms with Gasteiger partial charge < -0.3 is 20.6 Å². The predicted octanol–water partition coefficient (Wildman–Crippen LogP) is 0.500. The fourth-order valence-electron chi connectivity index (χ4n) is 1.75. The Bertz CT molecular complexity index is 447. The van der Waals surface area contributed by atoms with Crippen molar-refractivity contribution in [1.82, 2.24) is 9.99 Å². The standard InChI is InChI=1S/C12H18N4O3/c1-2-19-12(17)9-7-11(14-8-10(9)13)15-16-3-5-18-6-4-16/h7-8H,2-6,13H2,1H3,(H,14,15). The first kappa shape index (κ1) is 13.6. The molecular weight excluding hydrogens is 248 g/mol. The van der Waals surface area contributed by atoms with Gasteiger partial charge in [0, 0.05) is 13.1 Å². The number of nitrogens with zero attached hydrogens (tertiary/aromatic N) is 2. The average Bonchev–Trinajstić information content (AvgIpc) is 2.42. The fourth-order valence-corrected chi connectivity index (χ4v) is 1.75. The zero-order valence-corrected chi connectivity index (χ0v) is 10.9. The third-order valence-electron chi connectivity index (χ3n) is 2.71. The number of aromatic nitrogens is 1. The number of carbonyl (C=O) groups excluding carboxylic acids is 1.